The first-order valence-corrected chi connectivity index (χ1v) is 9.78. The van der Waals surface area contributed by atoms with Crippen LogP contribution in [0.1, 0.15) is 19.3 Å². The number of likely N-dealkylation sites (tertiary alicyclic amines) is 2. The molecule has 27 heavy (non-hydrogen) atoms. The van der Waals surface area contributed by atoms with E-state index in [2.05, 4.69) is 39.0 Å². The molecule has 6 heteroatoms. The molecule has 6 nitrogen and oxygen atoms in total. The molecule has 2 fully saturated rings. The van der Waals surface area contributed by atoms with Gasteiger partial charge in [-0.1, -0.05) is 18.2 Å². The van der Waals surface area contributed by atoms with Crippen LogP contribution < -0.4 is 5.32 Å². The third kappa shape index (κ3) is 4.11. The first-order chi connectivity index (χ1) is 13.2. The van der Waals surface area contributed by atoms with Crippen molar-refractivity contribution < 1.29 is 4.79 Å². The van der Waals surface area contributed by atoms with Gasteiger partial charge in [0.1, 0.15) is 0 Å². The summed E-state index contributed by atoms with van der Waals surface area (Å²) in [7, 11) is 0. The van der Waals surface area contributed by atoms with Crippen LogP contribution in [-0.2, 0) is 4.79 Å². The molecule has 2 aliphatic heterocycles. The van der Waals surface area contributed by atoms with Gasteiger partial charge >= 0.3 is 0 Å². The maximum atomic E-state index is 12.7. The second-order valence-corrected chi connectivity index (χ2v) is 7.57. The molecule has 142 valence electrons. The quantitative estimate of drug-likeness (QED) is 0.799. The van der Waals surface area contributed by atoms with Crippen molar-refractivity contribution in [1.82, 2.24) is 14.8 Å². The van der Waals surface area contributed by atoms with Crippen LogP contribution in [0.5, 0.6) is 0 Å². The van der Waals surface area contributed by atoms with Crippen molar-refractivity contribution >= 4 is 29.2 Å². The highest BCUT2D eigenvalue weighted by Crippen LogP contribution is 2.21. The SMILES string of the molecule is C=NC[C@@H]1CCCN1C(=O)CN1CC[C@@H](Nc2cnc3ccccc3c2)C1. The number of aromatic nitrogens is 1. The summed E-state index contributed by atoms with van der Waals surface area (Å²) in [6, 6.07) is 10.9. The van der Waals surface area contributed by atoms with Crippen molar-refractivity contribution in [2.75, 3.05) is 38.0 Å². The predicted octanol–water partition coefficient (Wildman–Crippen LogP) is 2.41. The lowest BCUT2D eigenvalue weighted by atomic mass is 10.2. The zero-order valence-corrected chi connectivity index (χ0v) is 15.7. The average Bonchev–Trinajstić information content (AvgIpc) is 3.31. The molecule has 1 amide bonds. The number of amides is 1. The van der Waals surface area contributed by atoms with Gasteiger partial charge in [-0.3, -0.25) is 19.7 Å². The predicted molar refractivity (Wildman–Crippen MR) is 109 cm³/mol. The summed E-state index contributed by atoms with van der Waals surface area (Å²) >= 11 is 0. The molecule has 1 aromatic heterocycles. The molecule has 3 heterocycles. The van der Waals surface area contributed by atoms with Crippen LogP contribution in [0, 0.1) is 0 Å². The number of benzene rings is 1. The molecule has 0 radical (unpaired) electrons. The fourth-order valence-electron chi connectivity index (χ4n) is 4.26. The Kier molecular flexibility index (Phi) is 5.34. The van der Waals surface area contributed by atoms with Crippen molar-refractivity contribution in [3.05, 3.63) is 36.5 Å². The number of carbonyl (C=O) groups excluding carboxylic acids is 1. The second-order valence-electron chi connectivity index (χ2n) is 7.57. The van der Waals surface area contributed by atoms with Crippen molar-refractivity contribution in [3.8, 4) is 0 Å². The highest BCUT2D eigenvalue weighted by molar-refractivity contribution is 5.81. The van der Waals surface area contributed by atoms with E-state index in [0.717, 1.165) is 55.5 Å². The molecular formula is C21H27N5O. The number of nitrogens with one attached hydrogen (secondary N) is 1. The number of carbonyl (C=O) groups is 1. The van der Waals surface area contributed by atoms with Gasteiger partial charge in [0.15, 0.2) is 0 Å². The van der Waals surface area contributed by atoms with Crippen molar-refractivity contribution in [1.29, 1.82) is 0 Å². The molecule has 1 N–H and O–H groups in total. The number of pyridine rings is 1. The van der Waals surface area contributed by atoms with Crippen molar-refractivity contribution in [2.24, 2.45) is 4.99 Å². The molecule has 1 aromatic carbocycles. The van der Waals surface area contributed by atoms with Gasteiger partial charge in [-0.25, -0.2) is 0 Å². The first-order valence-electron chi connectivity index (χ1n) is 9.78. The van der Waals surface area contributed by atoms with E-state index in [1.807, 2.05) is 29.3 Å². The van der Waals surface area contributed by atoms with E-state index in [0.29, 0.717) is 19.1 Å². The minimum Gasteiger partial charge on any atom is -0.380 e. The third-order valence-electron chi connectivity index (χ3n) is 5.63. The Morgan fingerprint density at radius 3 is 3.07 bits per heavy atom. The number of aliphatic imine (C=N–C) groups is 1. The van der Waals surface area contributed by atoms with Crippen LogP contribution in [0.2, 0.25) is 0 Å². The van der Waals surface area contributed by atoms with Crippen LogP contribution in [0.25, 0.3) is 10.9 Å². The molecule has 0 spiro atoms. The number of para-hydroxylation sites is 1. The lowest BCUT2D eigenvalue weighted by Gasteiger charge is -2.26. The van der Waals surface area contributed by atoms with E-state index in [4.69, 9.17) is 0 Å². The largest absolute Gasteiger partial charge is 0.380 e. The molecule has 4 rings (SSSR count). The van der Waals surface area contributed by atoms with E-state index in [1.54, 1.807) is 0 Å². The molecule has 0 bridgehead atoms. The van der Waals surface area contributed by atoms with Crippen LogP contribution in [-0.4, -0.2) is 72.2 Å². The Morgan fingerprint density at radius 2 is 2.19 bits per heavy atom. The maximum absolute atomic E-state index is 12.7. The average molecular weight is 365 g/mol. The number of fused-ring (bicyclic) bond motifs is 1. The van der Waals surface area contributed by atoms with Crippen LogP contribution in [0.15, 0.2) is 41.5 Å². The Bertz CT molecular complexity index is 823. The van der Waals surface area contributed by atoms with Gasteiger partial charge in [0, 0.05) is 31.1 Å². The smallest absolute Gasteiger partial charge is 0.237 e. The Balaban J connectivity index is 1.31. The summed E-state index contributed by atoms with van der Waals surface area (Å²) in [4.78, 5) is 25.5. The summed E-state index contributed by atoms with van der Waals surface area (Å²) in [5.74, 6) is 0.231. The highest BCUT2D eigenvalue weighted by atomic mass is 16.2. The fourth-order valence-corrected chi connectivity index (χ4v) is 4.26. The highest BCUT2D eigenvalue weighted by Gasteiger charge is 2.31. The zero-order chi connectivity index (χ0) is 18.6. The number of rotatable bonds is 6. The van der Waals surface area contributed by atoms with Crippen LogP contribution in [0.4, 0.5) is 5.69 Å². The van der Waals surface area contributed by atoms with E-state index in [-0.39, 0.29) is 11.9 Å². The van der Waals surface area contributed by atoms with Crippen LogP contribution >= 0.6 is 0 Å². The summed E-state index contributed by atoms with van der Waals surface area (Å²) in [5.41, 5.74) is 2.06. The summed E-state index contributed by atoms with van der Waals surface area (Å²) in [6.07, 6.45) is 5.06. The van der Waals surface area contributed by atoms with Gasteiger partial charge in [-0.2, -0.15) is 0 Å². The molecule has 2 aromatic rings. The van der Waals surface area contributed by atoms with Gasteiger partial charge in [-0.05, 0) is 38.1 Å². The Morgan fingerprint density at radius 1 is 1.30 bits per heavy atom. The summed E-state index contributed by atoms with van der Waals surface area (Å²) in [6.45, 7) is 7.43. The minimum atomic E-state index is 0.231. The summed E-state index contributed by atoms with van der Waals surface area (Å²) < 4.78 is 0. The molecule has 2 saturated heterocycles. The first kappa shape index (κ1) is 17.9. The van der Waals surface area contributed by atoms with E-state index < -0.39 is 0 Å². The number of hydrogen-bond acceptors (Lipinski definition) is 5. The van der Waals surface area contributed by atoms with Gasteiger partial charge in [0.05, 0.1) is 36.5 Å². The van der Waals surface area contributed by atoms with Crippen molar-refractivity contribution in [2.45, 2.75) is 31.3 Å². The molecule has 0 aliphatic carbocycles. The topological polar surface area (TPSA) is 60.8 Å². The normalized spacial score (nSPS) is 23.0. The zero-order valence-electron chi connectivity index (χ0n) is 15.7. The molecule has 0 unspecified atom stereocenters. The lowest BCUT2D eigenvalue weighted by molar-refractivity contribution is -0.132. The van der Waals surface area contributed by atoms with Gasteiger partial charge in [0.2, 0.25) is 5.91 Å². The Labute approximate surface area is 160 Å². The van der Waals surface area contributed by atoms with Crippen molar-refractivity contribution in [3.63, 3.8) is 0 Å². The van der Waals surface area contributed by atoms with Gasteiger partial charge < -0.3 is 10.2 Å². The lowest BCUT2D eigenvalue weighted by Crippen LogP contribution is -2.43. The standard InChI is InChI=1S/C21H27N5O/c1-22-13-19-6-4-9-26(19)21(27)15-25-10-8-17(14-25)24-18-11-16-5-2-3-7-20(16)23-12-18/h2-3,5,7,11-12,17,19,24H,1,4,6,8-10,13-15H2/t17-,19+/m1/s1. The third-order valence-corrected chi connectivity index (χ3v) is 5.63. The fraction of sp³-hybridized carbons (Fsp3) is 0.476. The number of nitrogens with zero attached hydrogens (tertiary/aromatic N) is 4. The van der Waals surface area contributed by atoms with E-state index >= 15 is 0 Å². The number of hydrogen-bond donors (Lipinski definition) is 1. The number of anilines is 1. The monoisotopic (exact) mass is 365 g/mol. The van der Waals surface area contributed by atoms with Crippen LogP contribution in [0.3, 0.4) is 0 Å². The Hall–Kier alpha value is -2.47. The summed E-state index contributed by atoms with van der Waals surface area (Å²) in [5, 5.41) is 4.72. The molecule has 0 saturated carbocycles. The van der Waals surface area contributed by atoms with E-state index in [1.165, 1.54) is 0 Å². The van der Waals surface area contributed by atoms with Gasteiger partial charge in [0.25, 0.3) is 0 Å². The molecule has 2 atom stereocenters. The molecular weight excluding hydrogens is 338 g/mol. The minimum absolute atomic E-state index is 0.231. The second kappa shape index (κ2) is 8.05. The molecule has 2 aliphatic rings. The van der Waals surface area contributed by atoms with Gasteiger partial charge in [-0.15, -0.1) is 0 Å². The maximum Gasteiger partial charge on any atom is 0.237 e. The van der Waals surface area contributed by atoms with E-state index in [9.17, 15) is 4.79 Å².